The van der Waals surface area contributed by atoms with Crippen molar-refractivity contribution in [2.45, 2.75) is 56.8 Å². The van der Waals surface area contributed by atoms with E-state index in [1.807, 2.05) is 24.3 Å². The molecule has 0 radical (unpaired) electrons. The lowest BCUT2D eigenvalue weighted by atomic mass is 9.99. The molecule has 3 aliphatic heterocycles. The number of ether oxygens (including phenoxy) is 6. The quantitative estimate of drug-likeness (QED) is 0.403. The molecule has 3 saturated heterocycles. The van der Waals surface area contributed by atoms with E-state index in [0.717, 1.165) is 44.4 Å². The zero-order chi connectivity index (χ0) is 29.9. The Kier molecular flexibility index (Phi) is 9.23. The van der Waals surface area contributed by atoms with Gasteiger partial charge in [0.1, 0.15) is 23.7 Å². The summed E-state index contributed by atoms with van der Waals surface area (Å²) in [6.45, 7) is 8.48. The van der Waals surface area contributed by atoms with Gasteiger partial charge in [-0.2, -0.15) is 13.2 Å². The summed E-state index contributed by atoms with van der Waals surface area (Å²) in [5.74, 6) is -0.839. The normalized spacial score (nSPS) is 26.4. The van der Waals surface area contributed by atoms with Crippen LogP contribution in [0, 0.1) is 0 Å². The van der Waals surface area contributed by atoms with Gasteiger partial charge in [0.25, 0.3) is 0 Å². The highest BCUT2D eigenvalue weighted by Crippen LogP contribution is 2.37. The molecule has 0 spiro atoms. The Morgan fingerprint density at radius 3 is 2.40 bits per heavy atom. The van der Waals surface area contributed by atoms with Crippen molar-refractivity contribution >= 4 is 5.97 Å². The van der Waals surface area contributed by atoms with Gasteiger partial charge >= 0.3 is 12.1 Å². The van der Waals surface area contributed by atoms with Gasteiger partial charge in [-0.05, 0) is 37.6 Å². The van der Waals surface area contributed by atoms with Gasteiger partial charge in [0, 0.05) is 45.3 Å². The molecule has 1 aromatic carbocycles. The van der Waals surface area contributed by atoms with E-state index in [1.165, 1.54) is 19.2 Å². The number of pyridine rings is 1. The molecule has 4 atom stereocenters. The fourth-order valence-electron chi connectivity index (χ4n) is 5.39. The molecule has 0 aliphatic carbocycles. The van der Waals surface area contributed by atoms with Gasteiger partial charge in [0.15, 0.2) is 18.5 Å². The van der Waals surface area contributed by atoms with Crippen LogP contribution in [0.25, 0.3) is 0 Å². The van der Waals surface area contributed by atoms with E-state index in [1.54, 1.807) is 13.8 Å². The number of benzene rings is 1. The molecule has 3 fully saturated rings. The van der Waals surface area contributed by atoms with E-state index >= 15 is 0 Å². The Balaban J connectivity index is 1.12. The summed E-state index contributed by atoms with van der Waals surface area (Å²) in [5.41, 5.74) is 0.128. The fourth-order valence-corrected chi connectivity index (χ4v) is 5.39. The van der Waals surface area contributed by atoms with E-state index in [4.69, 9.17) is 23.7 Å². The zero-order valence-corrected chi connectivity index (χ0v) is 23.8. The van der Waals surface area contributed by atoms with Gasteiger partial charge in [-0.3, -0.25) is 9.80 Å². The van der Waals surface area contributed by atoms with Crippen molar-refractivity contribution in [3.63, 3.8) is 0 Å². The number of fused-ring (bicyclic) bond motifs is 1. The topological polar surface area (TPSA) is 91.8 Å². The third-order valence-electron chi connectivity index (χ3n) is 7.47. The van der Waals surface area contributed by atoms with Crippen molar-refractivity contribution < 1.29 is 46.4 Å². The molecule has 0 unspecified atom stereocenters. The second-order valence-electron chi connectivity index (χ2n) is 11.0. The van der Waals surface area contributed by atoms with Gasteiger partial charge in [0.2, 0.25) is 5.88 Å². The number of piperazine rings is 1. The van der Waals surface area contributed by atoms with Gasteiger partial charge in [0.05, 0.1) is 19.8 Å². The van der Waals surface area contributed by atoms with Crippen LogP contribution in [0.3, 0.4) is 0 Å². The van der Waals surface area contributed by atoms with Crippen molar-refractivity contribution in [3.8, 4) is 11.6 Å². The summed E-state index contributed by atoms with van der Waals surface area (Å²) >= 11 is 0. The average Bonchev–Trinajstić information content (AvgIpc) is 3.30. The van der Waals surface area contributed by atoms with E-state index < -0.39 is 41.9 Å². The third kappa shape index (κ3) is 7.70. The number of halogens is 3. The number of methoxy groups -OCH3 is 1. The summed E-state index contributed by atoms with van der Waals surface area (Å²) < 4.78 is 73.8. The Labute approximate surface area is 242 Å². The number of hydrogen-bond acceptors (Lipinski definition) is 10. The lowest BCUT2D eigenvalue weighted by Gasteiger charge is -2.41. The van der Waals surface area contributed by atoms with Crippen molar-refractivity contribution in [1.82, 2.24) is 14.8 Å². The maximum absolute atomic E-state index is 13.1. The van der Waals surface area contributed by atoms with Crippen molar-refractivity contribution in [3.05, 3.63) is 53.7 Å². The van der Waals surface area contributed by atoms with Crippen LogP contribution in [0.5, 0.6) is 11.6 Å². The standard InChI is InChI=1S/C29H36F3N3O7/c1-28(2)41-26-21(39-17-22(27(26)42-28)40-24-6-4-5-23(33-24)29(30,31)32)16-35-13-11-34(12-14-35)15-19-7-9-20(10-8-19)38-18-25(36)37-3/h4-10,21-22,26-27H,11-18H2,1-3H3/t21-,22+,26+,27-/m1/s1. The minimum absolute atomic E-state index is 0.126. The minimum Gasteiger partial charge on any atom is -0.482 e. The molecule has 2 aromatic rings. The second kappa shape index (κ2) is 12.7. The highest BCUT2D eigenvalue weighted by atomic mass is 19.4. The lowest BCUT2D eigenvalue weighted by Crippen LogP contribution is -2.58. The van der Waals surface area contributed by atoms with Crippen molar-refractivity contribution in [2.75, 3.05) is 53.0 Å². The zero-order valence-electron chi connectivity index (χ0n) is 23.8. The third-order valence-corrected chi connectivity index (χ3v) is 7.47. The summed E-state index contributed by atoms with van der Waals surface area (Å²) in [7, 11) is 1.32. The summed E-state index contributed by atoms with van der Waals surface area (Å²) in [5, 5.41) is 0. The number of hydrogen-bond donors (Lipinski definition) is 0. The van der Waals surface area contributed by atoms with E-state index in [2.05, 4.69) is 19.5 Å². The molecular weight excluding hydrogens is 559 g/mol. The van der Waals surface area contributed by atoms with Gasteiger partial charge in [-0.15, -0.1) is 0 Å². The molecule has 42 heavy (non-hydrogen) atoms. The highest BCUT2D eigenvalue weighted by molar-refractivity contribution is 5.70. The lowest BCUT2D eigenvalue weighted by molar-refractivity contribution is -0.156. The van der Waals surface area contributed by atoms with Crippen LogP contribution in [0.1, 0.15) is 25.1 Å². The first-order chi connectivity index (χ1) is 20.0. The number of alkyl halides is 3. The molecule has 10 nitrogen and oxygen atoms in total. The minimum atomic E-state index is -4.57. The Bertz CT molecular complexity index is 1210. The predicted octanol–water partition coefficient (Wildman–Crippen LogP) is 3.14. The molecule has 1 aromatic heterocycles. The summed E-state index contributed by atoms with van der Waals surface area (Å²) in [6, 6.07) is 11.2. The van der Waals surface area contributed by atoms with Crippen LogP contribution < -0.4 is 9.47 Å². The fraction of sp³-hybridized carbons (Fsp3) is 0.586. The van der Waals surface area contributed by atoms with Crippen LogP contribution in [0.2, 0.25) is 0 Å². The Hall–Kier alpha value is -2.97. The number of carbonyl (C=O) groups excluding carboxylic acids is 1. The van der Waals surface area contributed by atoms with Gasteiger partial charge in [-0.25, -0.2) is 9.78 Å². The van der Waals surface area contributed by atoms with E-state index in [0.29, 0.717) is 12.3 Å². The van der Waals surface area contributed by atoms with E-state index in [-0.39, 0.29) is 25.2 Å². The number of nitrogens with zero attached hydrogens (tertiary/aromatic N) is 3. The first kappa shape index (κ1) is 30.5. The Morgan fingerprint density at radius 2 is 1.71 bits per heavy atom. The summed E-state index contributed by atoms with van der Waals surface area (Å²) in [4.78, 5) is 19.6. The molecule has 0 bridgehead atoms. The van der Waals surface area contributed by atoms with Gasteiger partial charge < -0.3 is 28.4 Å². The van der Waals surface area contributed by atoms with Crippen molar-refractivity contribution in [2.24, 2.45) is 0 Å². The van der Waals surface area contributed by atoms with Crippen LogP contribution >= 0.6 is 0 Å². The number of esters is 1. The van der Waals surface area contributed by atoms with Crippen LogP contribution in [0.15, 0.2) is 42.5 Å². The molecule has 230 valence electrons. The smallest absolute Gasteiger partial charge is 0.433 e. The molecule has 4 heterocycles. The first-order valence-corrected chi connectivity index (χ1v) is 13.9. The predicted molar refractivity (Wildman–Crippen MR) is 143 cm³/mol. The van der Waals surface area contributed by atoms with Crippen LogP contribution in [-0.4, -0.2) is 104 Å². The molecule has 0 N–H and O–H groups in total. The molecular formula is C29H36F3N3O7. The summed E-state index contributed by atoms with van der Waals surface area (Å²) in [6.07, 6.45) is -6.48. The van der Waals surface area contributed by atoms with Gasteiger partial charge in [-0.1, -0.05) is 18.2 Å². The average molecular weight is 596 g/mol. The first-order valence-electron chi connectivity index (χ1n) is 13.9. The van der Waals surface area contributed by atoms with Crippen LogP contribution in [-0.2, 0) is 36.5 Å². The number of aromatic nitrogens is 1. The second-order valence-corrected chi connectivity index (χ2v) is 11.0. The SMILES string of the molecule is COC(=O)COc1ccc(CN2CCN(C[C@H]3OC[C@H](Oc4cccc(C(F)(F)F)n4)[C@H]4OC(C)(C)O[C@H]43)CC2)cc1. The number of rotatable bonds is 9. The maximum atomic E-state index is 13.1. The largest absolute Gasteiger partial charge is 0.482 e. The monoisotopic (exact) mass is 595 g/mol. The maximum Gasteiger partial charge on any atom is 0.433 e. The molecule has 5 rings (SSSR count). The highest BCUT2D eigenvalue weighted by Gasteiger charge is 2.53. The van der Waals surface area contributed by atoms with E-state index in [9.17, 15) is 18.0 Å². The Morgan fingerprint density at radius 1 is 1.02 bits per heavy atom. The molecule has 0 amide bonds. The van der Waals surface area contributed by atoms with Crippen molar-refractivity contribution in [1.29, 1.82) is 0 Å². The molecule has 13 heteroatoms. The molecule has 3 aliphatic rings. The van der Waals surface area contributed by atoms with Crippen LogP contribution in [0.4, 0.5) is 13.2 Å². The number of carbonyl (C=O) groups is 1. The molecule has 0 saturated carbocycles.